The van der Waals surface area contributed by atoms with Gasteiger partial charge in [-0.3, -0.25) is 9.59 Å². The molecule has 0 unspecified atom stereocenters. The van der Waals surface area contributed by atoms with Crippen LogP contribution in [0.2, 0.25) is 0 Å². The molecule has 0 aliphatic rings. The van der Waals surface area contributed by atoms with Gasteiger partial charge in [0.1, 0.15) is 17.3 Å². The third-order valence-electron chi connectivity index (χ3n) is 3.36. The first-order valence-electron chi connectivity index (χ1n) is 8.25. The summed E-state index contributed by atoms with van der Waals surface area (Å²) >= 11 is 0. The second kappa shape index (κ2) is 10.0. The summed E-state index contributed by atoms with van der Waals surface area (Å²) < 4.78 is 24.1. The van der Waals surface area contributed by atoms with Crippen LogP contribution in [0, 0.1) is 5.82 Å². The van der Waals surface area contributed by atoms with Gasteiger partial charge in [0.25, 0.3) is 11.8 Å². The van der Waals surface area contributed by atoms with Gasteiger partial charge in [0.05, 0.1) is 12.2 Å². The molecule has 2 aromatic rings. The van der Waals surface area contributed by atoms with Crippen molar-refractivity contribution in [2.45, 2.75) is 6.92 Å². The largest absolute Gasteiger partial charge is 0.494 e. The van der Waals surface area contributed by atoms with Gasteiger partial charge in [0, 0.05) is 13.1 Å². The van der Waals surface area contributed by atoms with E-state index in [-0.39, 0.29) is 31.2 Å². The number of nitrogens with one attached hydrogen (secondary N) is 2. The fourth-order valence-electron chi connectivity index (χ4n) is 2.12. The second-order valence-corrected chi connectivity index (χ2v) is 5.28. The molecule has 2 rings (SSSR count). The van der Waals surface area contributed by atoms with Crippen LogP contribution in [-0.2, 0) is 4.79 Å². The normalized spacial score (nSPS) is 10.1. The van der Waals surface area contributed by atoms with Crippen molar-refractivity contribution >= 4 is 11.8 Å². The van der Waals surface area contributed by atoms with E-state index in [9.17, 15) is 14.0 Å². The first-order chi connectivity index (χ1) is 12.6. The number of hydrogen-bond donors (Lipinski definition) is 2. The minimum atomic E-state index is -0.585. The van der Waals surface area contributed by atoms with Crippen LogP contribution in [0.15, 0.2) is 48.5 Å². The van der Waals surface area contributed by atoms with Gasteiger partial charge in [-0.25, -0.2) is 4.39 Å². The number of benzene rings is 2. The van der Waals surface area contributed by atoms with Crippen LogP contribution in [0.3, 0.4) is 0 Å². The van der Waals surface area contributed by atoms with Crippen LogP contribution >= 0.6 is 0 Å². The zero-order valence-corrected chi connectivity index (χ0v) is 14.5. The third-order valence-corrected chi connectivity index (χ3v) is 3.36. The van der Waals surface area contributed by atoms with Gasteiger partial charge < -0.3 is 20.1 Å². The minimum absolute atomic E-state index is 0.0299. The van der Waals surface area contributed by atoms with E-state index >= 15 is 0 Å². The minimum Gasteiger partial charge on any atom is -0.494 e. The lowest BCUT2D eigenvalue weighted by molar-refractivity contribution is -0.123. The Labute approximate surface area is 151 Å². The van der Waals surface area contributed by atoms with Crippen molar-refractivity contribution in [3.8, 4) is 11.5 Å². The average Bonchev–Trinajstić information content (AvgIpc) is 2.65. The molecule has 6 nitrogen and oxygen atoms in total. The summed E-state index contributed by atoms with van der Waals surface area (Å²) in [6.45, 7) is 2.73. The molecule has 0 heterocycles. The zero-order valence-electron chi connectivity index (χ0n) is 14.5. The Balaban J connectivity index is 1.64. The summed E-state index contributed by atoms with van der Waals surface area (Å²) in [6, 6.07) is 12.7. The molecule has 0 fully saturated rings. The summed E-state index contributed by atoms with van der Waals surface area (Å²) in [5, 5.41) is 5.15. The van der Waals surface area contributed by atoms with E-state index in [1.165, 1.54) is 18.2 Å². The van der Waals surface area contributed by atoms with E-state index in [1.807, 2.05) is 6.92 Å². The van der Waals surface area contributed by atoms with Crippen molar-refractivity contribution in [1.29, 1.82) is 0 Å². The molecule has 26 heavy (non-hydrogen) atoms. The van der Waals surface area contributed by atoms with Gasteiger partial charge in [0.2, 0.25) is 0 Å². The van der Waals surface area contributed by atoms with Crippen LogP contribution in [0.5, 0.6) is 11.5 Å². The lowest BCUT2D eigenvalue weighted by Gasteiger charge is -2.09. The first-order valence-corrected chi connectivity index (χ1v) is 8.25. The quantitative estimate of drug-likeness (QED) is 0.672. The molecule has 0 saturated carbocycles. The number of halogens is 1. The summed E-state index contributed by atoms with van der Waals surface area (Å²) in [6.07, 6.45) is 0. The molecule has 0 bridgehead atoms. The van der Waals surface area contributed by atoms with Gasteiger partial charge in [0.15, 0.2) is 6.61 Å². The Kier molecular flexibility index (Phi) is 7.42. The van der Waals surface area contributed by atoms with Crippen molar-refractivity contribution in [2.24, 2.45) is 0 Å². The van der Waals surface area contributed by atoms with Crippen molar-refractivity contribution in [2.75, 3.05) is 26.3 Å². The van der Waals surface area contributed by atoms with Gasteiger partial charge in [-0.2, -0.15) is 0 Å². The molecule has 0 spiro atoms. The highest BCUT2D eigenvalue weighted by Gasteiger charge is 2.10. The molecule has 0 radical (unpaired) electrons. The highest BCUT2D eigenvalue weighted by atomic mass is 19.1. The van der Waals surface area contributed by atoms with Crippen LogP contribution in [0.4, 0.5) is 4.39 Å². The van der Waals surface area contributed by atoms with Crippen LogP contribution < -0.4 is 20.1 Å². The van der Waals surface area contributed by atoms with Crippen LogP contribution in [0.1, 0.15) is 17.3 Å². The predicted octanol–water partition coefficient (Wildman–Crippen LogP) is 2.15. The van der Waals surface area contributed by atoms with E-state index in [1.54, 1.807) is 30.3 Å². The van der Waals surface area contributed by atoms with Gasteiger partial charge in [-0.1, -0.05) is 12.1 Å². The van der Waals surface area contributed by atoms with E-state index in [2.05, 4.69) is 10.6 Å². The Hall–Kier alpha value is -3.09. The smallest absolute Gasteiger partial charge is 0.258 e. The number of carbonyl (C=O) groups is 2. The Morgan fingerprint density at radius 3 is 2.19 bits per heavy atom. The Morgan fingerprint density at radius 2 is 1.54 bits per heavy atom. The number of ether oxygens (including phenoxy) is 2. The molecule has 138 valence electrons. The Morgan fingerprint density at radius 1 is 0.923 bits per heavy atom. The molecule has 2 aromatic carbocycles. The van der Waals surface area contributed by atoms with Crippen molar-refractivity contribution < 1.29 is 23.5 Å². The molecule has 2 N–H and O–H groups in total. The SMILES string of the molecule is CCOc1ccc(OCC(=O)NCCNC(=O)c2ccccc2F)cc1. The molecule has 2 amide bonds. The summed E-state index contributed by atoms with van der Waals surface area (Å²) in [5.41, 5.74) is -0.0299. The predicted molar refractivity (Wildman–Crippen MR) is 94.8 cm³/mol. The molecule has 0 atom stereocenters. The summed E-state index contributed by atoms with van der Waals surface area (Å²) in [5.74, 6) is -0.147. The highest BCUT2D eigenvalue weighted by Crippen LogP contribution is 2.17. The monoisotopic (exact) mass is 360 g/mol. The lowest BCUT2D eigenvalue weighted by Crippen LogP contribution is -2.37. The maximum Gasteiger partial charge on any atom is 0.258 e. The molecule has 0 aromatic heterocycles. The lowest BCUT2D eigenvalue weighted by atomic mass is 10.2. The molecule has 0 saturated heterocycles. The van der Waals surface area contributed by atoms with Crippen molar-refractivity contribution in [3.63, 3.8) is 0 Å². The summed E-state index contributed by atoms with van der Waals surface area (Å²) in [4.78, 5) is 23.5. The van der Waals surface area contributed by atoms with Crippen molar-refractivity contribution in [1.82, 2.24) is 10.6 Å². The van der Waals surface area contributed by atoms with Crippen LogP contribution in [-0.4, -0.2) is 38.1 Å². The third kappa shape index (κ3) is 6.08. The zero-order chi connectivity index (χ0) is 18.8. The van der Waals surface area contributed by atoms with E-state index in [0.29, 0.717) is 12.4 Å². The standard InChI is InChI=1S/C19H21FN2O4/c1-2-25-14-7-9-15(10-8-14)26-13-18(23)21-11-12-22-19(24)16-5-3-4-6-17(16)20/h3-10H,2,11-13H2,1H3,(H,21,23)(H,22,24). The van der Waals surface area contributed by atoms with Gasteiger partial charge >= 0.3 is 0 Å². The second-order valence-electron chi connectivity index (χ2n) is 5.28. The van der Waals surface area contributed by atoms with Gasteiger partial charge in [-0.05, 0) is 43.3 Å². The number of carbonyl (C=O) groups excluding carboxylic acids is 2. The maximum atomic E-state index is 13.5. The maximum absolute atomic E-state index is 13.5. The van der Waals surface area contributed by atoms with Crippen molar-refractivity contribution in [3.05, 3.63) is 59.9 Å². The number of hydrogen-bond acceptors (Lipinski definition) is 4. The van der Waals surface area contributed by atoms with E-state index in [0.717, 1.165) is 5.75 Å². The summed E-state index contributed by atoms with van der Waals surface area (Å²) in [7, 11) is 0. The molecule has 0 aliphatic heterocycles. The van der Waals surface area contributed by atoms with Crippen LogP contribution in [0.25, 0.3) is 0 Å². The fraction of sp³-hybridized carbons (Fsp3) is 0.263. The number of rotatable bonds is 9. The topological polar surface area (TPSA) is 76.7 Å². The first kappa shape index (κ1) is 19.2. The van der Waals surface area contributed by atoms with E-state index < -0.39 is 11.7 Å². The average molecular weight is 360 g/mol. The van der Waals surface area contributed by atoms with Gasteiger partial charge in [-0.15, -0.1) is 0 Å². The van der Waals surface area contributed by atoms with E-state index in [4.69, 9.17) is 9.47 Å². The number of amides is 2. The molecular formula is C19H21FN2O4. The highest BCUT2D eigenvalue weighted by molar-refractivity contribution is 5.94. The molecule has 7 heteroatoms. The Bertz CT molecular complexity index is 735. The molecular weight excluding hydrogens is 339 g/mol. The fourth-order valence-corrected chi connectivity index (χ4v) is 2.12. The molecule has 0 aliphatic carbocycles.